The van der Waals surface area contributed by atoms with Gasteiger partial charge in [0.05, 0.1) is 6.04 Å². The minimum Gasteiger partial charge on any atom is -0.345 e. The molecule has 2 aromatic carbocycles. The Balaban J connectivity index is 1.72. The number of carbonyl (C=O) groups is 2. The van der Waals surface area contributed by atoms with Crippen molar-refractivity contribution in [3.05, 3.63) is 65.2 Å². The molecule has 0 spiro atoms. The molecule has 0 saturated carbocycles. The van der Waals surface area contributed by atoms with Gasteiger partial charge in [0, 0.05) is 24.3 Å². The molecule has 1 fully saturated rings. The van der Waals surface area contributed by atoms with Gasteiger partial charge in [-0.1, -0.05) is 45.0 Å². The third-order valence-electron chi connectivity index (χ3n) is 5.00. The molecule has 0 radical (unpaired) electrons. The number of nitrogens with zero attached hydrogens (tertiary/aromatic N) is 1. The van der Waals surface area contributed by atoms with Crippen molar-refractivity contribution >= 4 is 17.6 Å². The molecule has 0 aliphatic carbocycles. The lowest BCUT2D eigenvalue weighted by molar-refractivity contribution is 0.0925. The van der Waals surface area contributed by atoms with Gasteiger partial charge in [0.2, 0.25) is 0 Å². The third kappa shape index (κ3) is 4.30. The zero-order valence-corrected chi connectivity index (χ0v) is 16.2. The molecule has 142 valence electrons. The fraction of sp³-hybridized carbons (Fsp3) is 0.364. The van der Waals surface area contributed by atoms with Gasteiger partial charge in [0.15, 0.2) is 0 Å². The maximum atomic E-state index is 12.7. The summed E-state index contributed by atoms with van der Waals surface area (Å²) in [5.74, 6) is 0.166. The second kappa shape index (κ2) is 8.25. The maximum Gasteiger partial charge on any atom is 0.321 e. The molecule has 3 rings (SSSR count). The van der Waals surface area contributed by atoms with E-state index in [-0.39, 0.29) is 23.9 Å². The third-order valence-corrected chi connectivity index (χ3v) is 5.00. The summed E-state index contributed by atoms with van der Waals surface area (Å²) in [5.41, 5.74) is 3.79. The summed E-state index contributed by atoms with van der Waals surface area (Å²) in [6.45, 7) is 7.63. The molecule has 5 heteroatoms. The first-order valence-corrected chi connectivity index (χ1v) is 9.54. The highest BCUT2D eigenvalue weighted by molar-refractivity contribution is 5.97. The van der Waals surface area contributed by atoms with Gasteiger partial charge in [0.25, 0.3) is 5.91 Å². The van der Waals surface area contributed by atoms with Crippen LogP contribution in [-0.4, -0.2) is 25.0 Å². The number of aryl methyl sites for hydroxylation is 1. The van der Waals surface area contributed by atoms with Crippen molar-refractivity contribution in [3.63, 3.8) is 0 Å². The van der Waals surface area contributed by atoms with Gasteiger partial charge >= 0.3 is 6.03 Å². The number of carbonyl (C=O) groups excluding carboxylic acids is 2. The van der Waals surface area contributed by atoms with Crippen molar-refractivity contribution in [3.8, 4) is 0 Å². The molecule has 3 amide bonds. The number of benzene rings is 2. The largest absolute Gasteiger partial charge is 0.345 e. The van der Waals surface area contributed by atoms with Crippen LogP contribution in [0.2, 0.25) is 0 Å². The fourth-order valence-electron chi connectivity index (χ4n) is 3.33. The smallest absolute Gasteiger partial charge is 0.321 e. The van der Waals surface area contributed by atoms with E-state index >= 15 is 0 Å². The van der Waals surface area contributed by atoms with Crippen molar-refractivity contribution in [1.29, 1.82) is 0 Å². The Morgan fingerprint density at radius 1 is 1.11 bits per heavy atom. The molecular weight excluding hydrogens is 338 g/mol. The van der Waals surface area contributed by atoms with E-state index in [2.05, 4.69) is 55.7 Å². The van der Waals surface area contributed by atoms with Crippen LogP contribution in [0.1, 0.15) is 48.3 Å². The molecule has 27 heavy (non-hydrogen) atoms. The fourth-order valence-corrected chi connectivity index (χ4v) is 3.33. The minimum absolute atomic E-state index is 0.0487. The molecular formula is C22H27N3O2. The van der Waals surface area contributed by atoms with Crippen molar-refractivity contribution in [2.75, 3.05) is 18.0 Å². The number of nitrogens with one attached hydrogen (secondary N) is 2. The van der Waals surface area contributed by atoms with E-state index in [4.69, 9.17) is 0 Å². The van der Waals surface area contributed by atoms with E-state index in [1.54, 1.807) is 17.0 Å². The van der Waals surface area contributed by atoms with E-state index in [9.17, 15) is 9.59 Å². The van der Waals surface area contributed by atoms with E-state index in [1.165, 1.54) is 5.56 Å². The molecule has 2 N–H and O–H groups in total. The molecule has 1 aliphatic rings. The Hall–Kier alpha value is -2.82. The Bertz CT molecular complexity index is 797. The van der Waals surface area contributed by atoms with E-state index in [0.29, 0.717) is 18.7 Å². The molecule has 0 bridgehead atoms. The van der Waals surface area contributed by atoms with Crippen LogP contribution in [0.15, 0.2) is 48.5 Å². The molecule has 5 nitrogen and oxygen atoms in total. The molecule has 2 aromatic rings. The number of anilines is 1. The van der Waals surface area contributed by atoms with Gasteiger partial charge in [-0.25, -0.2) is 4.79 Å². The Labute approximate surface area is 160 Å². The predicted molar refractivity (Wildman–Crippen MR) is 108 cm³/mol. The highest BCUT2D eigenvalue weighted by Crippen LogP contribution is 2.23. The lowest BCUT2D eigenvalue weighted by Gasteiger charge is -2.23. The van der Waals surface area contributed by atoms with Crippen molar-refractivity contribution in [2.24, 2.45) is 5.92 Å². The first kappa shape index (κ1) is 19.0. The standard InChI is InChI=1S/C22H27N3O2/c1-4-16-5-7-17(8-6-16)20(15(2)3)24-21(26)18-9-11-19(12-10-18)25-14-13-23-22(25)27/h5-12,15,20H,4,13-14H2,1-3H3,(H,23,27)(H,24,26). The van der Waals surface area contributed by atoms with Crippen LogP contribution in [0, 0.1) is 5.92 Å². The summed E-state index contributed by atoms with van der Waals surface area (Å²) in [4.78, 5) is 26.2. The molecule has 1 saturated heterocycles. The summed E-state index contributed by atoms with van der Waals surface area (Å²) in [6.07, 6.45) is 1.00. The zero-order valence-electron chi connectivity index (χ0n) is 16.2. The quantitative estimate of drug-likeness (QED) is 0.815. The first-order chi connectivity index (χ1) is 13.0. The first-order valence-electron chi connectivity index (χ1n) is 9.54. The molecule has 1 unspecified atom stereocenters. The van der Waals surface area contributed by atoms with Crippen LogP contribution >= 0.6 is 0 Å². The van der Waals surface area contributed by atoms with Crippen LogP contribution in [-0.2, 0) is 6.42 Å². The van der Waals surface area contributed by atoms with Crippen molar-refractivity contribution in [2.45, 2.75) is 33.2 Å². The maximum absolute atomic E-state index is 12.7. The Morgan fingerprint density at radius 3 is 2.30 bits per heavy atom. The highest BCUT2D eigenvalue weighted by atomic mass is 16.2. The van der Waals surface area contributed by atoms with Gasteiger partial charge in [-0.3, -0.25) is 9.69 Å². The number of amides is 3. The second-order valence-corrected chi connectivity index (χ2v) is 7.22. The van der Waals surface area contributed by atoms with Gasteiger partial charge in [-0.2, -0.15) is 0 Å². The van der Waals surface area contributed by atoms with E-state index in [1.807, 2.05) is 12.1 Å². The second-order valence-electron chi connectivity index (χ2n) is 7.22. The zero-order chi connectivity index (χ0) is 19.4. The lowest BCUT2D eigenvalue weighted by Crippen LogP contribution is -2.32. The van der Waals surface area contributed by atoms with Crippen molar-refractivity contribution < 1.29 is 9.59 Å². The average Bonchev–Trinajstić information content (AvgIpc) is 3.12. The summed E-state index contributed by atoms with van der Waals surface area (Å²) in [7, 11) is 0. The van der Waals surface area contributed by atoms with E-state index in [0.717, 1.165) is 17.7 Å². The van der Waals surface area contributed by atoms with Crippen LogP contribution in [0.3, 0.4) is 0 Å². The van der Waals surface area contributed by atoms with Crippen LogP contribution in [0.5, 0.6) is 0 Å². The van der Waals surface area contributed by atoms with Gasteiger partial charge in [-0.05, 0) is 47.7 Å². The number of hydrogen-bond acceptors (Lipinski definition) is 2. The van der Waals surface area contributed by atoms with Gasteiger partial charge < -0.3 is 10.6 Å². The van der Waals surface area contributed by atoms with Crippen LogP contribution < -0.4 is 15.5 Å². The lowest BCUT2D eigenvalue weighted by atomic mass is 9.94. The van der Waals surface area contributed by atoms with Gasteiger partial charge in [0.1, 0.15) is 0 Å². The normalized spacial score (nSPS) is 15.0. The molecule has 1 heterocycles. The van der Waals surface area contributed by atoms with Crippen molar-refractivity contribution in [1.82, 2.24) is 10.6 Å². The number of hydrogen-bond donors (Lipinski definition) is 2. The summed E-state index contributed by atoms with van der Waals surface area (Å²) in [5, 5.41) is 5.93. The average molecular weight is 365 g/mol. The SMILES string of the molecule is CCc1ccc(C(NC(=O)c2ccc(N3CCNC3=O)cc2)C(C)C)cc1. The number of rotatable bonds is 6. The monoisotopic (exact) mass is 365 g/mol. The topological polar surface area (TPSA) is 61.4 Å². The molecule has 1 atom stereocenters. The Kier molecular flexibility index (Phi) is 5.79. The predicted octanol–water partition coefficient (Wildman–Crippen LogP) is 3.91. The van der Waals surface area contributed by atoms with Crippen LogP contribution in [0.4, 0.5) is 10.5 Å². The minimum atomic E-state index is -0.106. The summed E-state index contributed by atoms with van der Waals surface area (Å²) >= 11 is 0. The van der Waals surface area contributed by atoms with E-state index < -0.39 is 0 Å². The summed E-state index contributed by atoms with van der Waals surface area (Å²) in [6, 6.07) is 15.5. The van der Waals surface area contributed by atoms with Crippen LogP contribution in [0.25, 0.3) is 0 Å². The number of urea groups is 1. The molecule has 0 aromatic heterocycles. The summed E-state index contributed by atoms with van der Waals surface area (Å²) < 4.78 is 0. The Morgan fingerprint density at radius 2 is 1.78 bits per heavy atom. The van der Waals surface area contributed by atoms with Gasteiger partial charge in [-0.15, -0.1) is 0 Å². The highest BCUT2D eigenvalue weighted by Gasteiger charge is 2.22. The molecule has 1 aliphatic heterocycles.